The van der Waals surface area contributed by atoms with E-state index < -0.39 is 0 Å². The van der Waals surface area contributed by atoms with Crippen molar-refractivity contribution in [2.24, 2.45) is 0 Å². The molecule has 4 rings (SSSR count). The molecule has 0 aromatic carbocycles. The molecule has 0 radical (unpaired) electrons. The van der Waals surface area contributed by atoms with E-state index in [2.05, 4.69) is 94.1 Å². The Balaban J connectivity index is 1.38. The summed E-state index contributed by atoms with van der Waals surface area (Å²) in [6.45, 7) is 0. The lowest BCUT2D eigenvalue weighted by Gasteiger charge is -2.26. The van der Waals surface area contributed by atoms with Gasteiger partial charge >= 0.3 is 0 Å². The summed E-state index contributed by atoms with van der Waals surface area (Å²) >= 11 is 16.9. The summed E-state index contributed by atoms with van der Waals surface area (Å²) in [6, 6.07) is 0. The molecule has 4 aliphatic rings. The summed E-state index contributed by atoms with van der Waals surface area (Å²) in [5.74, 6) is 5.36. The first kappa shape index (κ1) is 15.8. The van der Waals surface area contributed by atoms with E-state index in [1.54, 1.807) is 16.9 Å². The van der Waals surface area contributed by atoms with Crippen molar-refractivity contribution in [3.8, 4) is 0 Å². The quantitative estimate of drug-likeness (QED) is 0.465. The SMILES string of the molecule is C1CSC(=C2SC3=C(S2)SC(C2SCCCS2)S3)SC1. The molecule has 4 aliphatic heterocycles. The van der Waals surface area contributed by atoms with Crippen LogP contribution in [-0.4, -0.2) is 32.2 Å². The molecule has 0 nitrogen and oxygen atoms in total. The Morgan fingerprint density at radius 3 is 1.85 bits per heavy atom. The second kappa shape index (κ2) is 7.45. The molecule has 2 saturated heterocycles. The Hall–Kier alpha value is 2.28. The fraction of sp³-hybridized carbons (Fsp3) is 0.667. The molecule has 2 fully saturated rings. The Bertz CT molecular complexity index is 422. The second-order valence-corrected chi connectivity index (χ2v) is 15.2. The van der Waals surface area contributed by atoms with Gasteiger partial charge in [0.25, 0.3) is 0 Å². The number of hydrogen-bond donors (Lipinski definition) is 0. The van der Waals surface area contributed by atoms with Gasteiger partial charge in [-0.2, -0.15) is 0 Å². The summed E-state index contributed by atoms with van der Waals surface area (Å²) in [5, 5.41) is 0. The summed E-state index contributed by atoms with van der Waals surface area (Å²) in [7, 11) is 0. The number of thioether (sulfide) groups is 8. The van der Waals surface area contributed by atoms with Crippen LogP contribution in [0.15, 0.2) is 16.9 Å². The van der Waals surface area contributed by atoms with Gasteiger partial charge < -0.3 is 0 Å². The zero-order valence-electron chi connectivity index (χ0n) is 10.7. The zero-order valence-corrected chi connectivity index (χ0v) is 17.2. The van der Waals surface area contributed by atoms with Gasteiger partial charge in [-0.3, -0.25) is 0 Å². The molecule has 110 valence electrons. The molecule has 0 aromatic rings. The van der Waals surface area contributed by atoms with Crippen LogP contribution in [0.1, 0.15) is 12.8 Å². The van der Waals surface area contributed by atoms with Gasteiger partial charge in [-0.15, -0.1) is 70.6 Å². The summed E-state index contributed by atoms with van der Waals surface area (Å²) < 4.78 is 7.94. The van der Waals surface area contributed by atoms with Crippen LogP contribution < -0.4 is 0 Å². The zero-order chi connectivity index (χ0) is 13.4. The Morgan fingerprint density at radius 1 is 0.600 bits per heavy atom. The lowest BCUT2D eigenvalue weighted by Crippen LogP contribution is -2.16. The minimum atomic E-state index is 0.758. The topological polar surface area (TPSA) is 0 Å². The van der Waals surface area contributed by atoms with Gasteiger partial charge in [-0.1, -0.05) is 23.5 Å². The van der Waals surface area contributed by atoms with Crippen LogP contribution in [0.25, 0.3) is 0 Å². The van der Waals surface area contributed by atoms with Gasteiger partial charge in [-0.25, -0.2) is 0 Å². The Morgan fingerprint density at radius 2 is 1.20 bits per heavy atom. The van der Waals surface area contributed by atoms with Gasteiger partial charge in [0, 0.05) is 0 Å². The Kier molecular flexibility index (Phi) is 5.88. The van der Waals surface area contributed by atoms with Crippen molar-refractivity contribution in [3.63, 3.8) is 0 Å². The average Bonchev–Trinajstić information content (AvgIpc) is 3.08. The van der Waals surface area contributed by atoms with Gasteiger partial charge in [0.15, 0.2) is 0 Å². The number of rotatable bonds is 1. The third-order valence-corrected chi connectivity index (χ3v) is 16.0. The van der Waals surface area contributed by atoms with Gasteiger partial charge in [-0.05, 0) is 35.9 Å². The highest BCUT2D eigenvalue weighted by Crippen LogP contribution is 2.68. The third-order valence-electron chi connectivity index (χ3n) is 2.98. The summed E-state index contributed by atoms with van der Waals surface area (Å²) in [5.41, 5.74) is 0. The van der Waals surface area contributed by atoms with Crippen molar-refractivity contribution in [2.45, 2.75) is 22.0 Å². The minimum absolute atomic E-state index is 0.758. The Labute approximate surface area is 154 Å². The molecule has 0 unspecified atom stereocenters. The van der Waals surface area contributed by atoms with Crippen molar-refractivity contribution >= 4 is 94.1 Å². The first-order valence-corrected chi connectivity index (χ1v) is 14.0. The predicted octanol–water partition coefficient (Wildman–Crippen LogP) is 6.59. The minimum Gasteiger partial charge on any atom is -0.146 e. The molecule has 0 N–H and O–H groups in total. The highest BCUT2D eigenvalue weighted by atomic mass is 32.3. The van der Waals surface area contributed by atoms with Crippen molar-refractivity contribution in [1.82, 2.24) is 0 Å². The van der Waals surface area contributed by atoms with E-state index in [1.807, 2.05) is 0 Å². The third kappa shape index (κ3) is 3.52. The van der Waals surface area contributed by atoms with Crippen LogP contribution in [0, 0.1) is 0 Å². The first-order valence-electron chi connectivity index (χ1n) is 6.56. The molecule has 0 aliphatic carbocycles. The van der Waals surface area contributed by atoms with Crippen molar-refractivity contribution in [1.29, 1.82) is 0 Å². The molecule has 0 amide bonds. The standard InChI is InChI=1S/C12H14S8/c1-3-13-7(14-4-1)9-17-11-12(18-9)20-10(19-11)8-15-5-2-6-16-8/h7,9H,1-6H2. The molecule has 20 heavy (non-hydrogen) atoms. The van der Waals surface area contributed by atoms with E-state index in [0.717, 1.165) is 9.16 Å². The van der Waals surface area contributed by atoms with E-state index in [0.29, 0.717) is 0 Å². The maximum atomic E-state index is 2.18. The van der Waals surface area contributed by atoms with Crippen molar-refractivity contribution in [2.75, 3.05) is 23.0 Å². The van der Waals surface area contributed by atoms with E-state index in [-0.39, 0.29) is 0 Å². The molecule has 4 heterocycles. The molecule has 8 heteroatoms. The van der Waals surface area contributed by atoms with Gasteiger partial charge in [0.1, 0.15) is 0 Å². The van der Waals surface area contributed by atoms with Crippen LogP contribution in [0.4, 0.5) is 0 Å². The van der Waals surface area contributed by atoms with Crippen LogP contribution >= 0.6 is 94.1 Å². The summed E-state index contributed by atoms with van der Waals surface area (Å²) in [6.07, 6.45) is 2.77. The molecular formula is C12H14S8. The fourth-order valence-corrected chi connectivity index (χ4v) is 15.8. The lowest BCUT2D eigenvalue weighted by molar-refractivity contribution is 1.10. The van der Waals surface area contributed by atoms with Gasteiger partial charge in [0.2, 0.25) is 0 Å². The van der Waals surface area contributed by atoms with Crippen LogP contribution in [0.3, 0.4) is 0 Å². The van der Waals surface area contributed by atoms with E-state index in [4.69, 9.17) is 0 Å². The fourth-order valence-electron chi connectivity index (χ4n) is 2.06. The van der Waals surface area contributed by atoms with Crippen molar-refractivity contribution < 1.29 is 0 Å². The highest BCUT2D eigenvalue weighted by molar-refractivity contribution is 8.47. The largest absolute Gasteiger partial charge is 0.146 e. The summed E-state index contributed by atoms with van der Waals surface area (Å²) in [4.78, 5) is 0. The normalized spacial score (nSPS) is 29.4. The molecule has 0 atom stereocenters. The van der Waals surface area contributed by atoms with E-state index in [9.17, 15) is 0 Å². The van der Waals surface area contributed by atoms with E-state index in [1.165, 1.54) is 35.9 Å². The number of hydrogen-bond acceptors (Lipinski definition) is 8. The smallest absolute Gasteiger partial charge is 0.0818 e. The maximum Gasteiger partial charge on any atom is 0.0818 e. The molecule has 0 spiro atoms. The monoisotopic (exact) mass is 414 g/mol. The van der Waals surface area contributed by atoms with Gasteiger partial charge in [0.05, 0.1) is 26.1 Å². The van der Waals surface area contributed by atoms with Crippen LogP contribution in [-0.2, 0) is 0 Å². The molecular weight excluding hydrogens is 401 g/mol. The maximum absolute atomic E-state index is 2.18. The average molecular weight is 415 g/mol. The first-order chi connectivity index (χ1) is 9.90. The highest BCUT2D eigenvalue weighted by Gasteiger charge is 2.39. The molecule has 0 aromatic heterocycles. The predicted molar refractivity (Wildman–Crippen MR) is 111 cm³/mol. The van der Waals surface area contributed by atoms with Crippen LogP contribution in [0.2, 0.25) is 0 Å². The lowest BCUT2D eigenvalue weighted by atomic mass is 10.6. The molecule has 0 bridgehead atoms. The second-order valence-electron chi connectivity index (χ2n) is 4.47. The van der Waals surface area contributed by atoms with Crippen LogP contribution in [0.5, 0.6) is 0 Å². The molecule has 0 saturated carbocycles. The van der Waals surface area contributed by atoms with Crippen molar-refractivity contribution in [3.05, 3.63) is 16.9 Å². The van der Waals surface area contributed by atoms with E-state index >= 15 is 0 Å².